The predicted molar refractivity (Wildman–Crippen MR) is 88.3 cm³/mol. The number of aromatic nitrogens is 1. The van der Waals surface area contributed by atoms with E-state index < -0.39 is 0 Å². The lowest BCUT2D eigenvalue weighted by Gasteiger charge is -2.12. The normalized spacial score (nSPS) is 11.6. The van der Waals surface area contributed by atoms with Crippen LogP contribution in [0.2, 0.25) is 0 Å². The molecule has 22 heavy (non-hydrogen) atoms. The molecule has 0 atom stereocenters. The van der Waals surface area contributed by atoms with Gasteiger partial charge in [0, 0.05) is 22.9 Å². The van der Waals surface area contributed by atoms with Crippen LogP contribution in [0.15, 0.2) is 23.9 Å². The molecule has 0 saturated heterocycles. The van der Waals surface area contributed by atoms with Crippen LogP contribution in [0.1, 0.15) is 25.1 Å². The Balaban J connectivity index is 2.37. The lowest BCUT2D eigenvalue weighted by Crippen LogP contribution is -2.05. The minimum Gasteiger partial charge on any atom is -0.492 e. The molecule has 0 unspecified atom stereocenters. The number of ether oxygens (including phenoxy) is 2. The van der Waals surface area contributed by atoms with Crippen molar-refractivity contribution in [2.75, 3.05) is 19.0 Å². The van der Waals surface area contributed by atoms with Crippen molar-refractivity contribution < 1.29 is 14.3 Å². The number of hydrogen-bond donors (Lipinski definition) is 2. The minimum absolute atomic E-state index is 0.360. The van der Waals surface area contributed by atoms with Crippen LogP contribution in [0.5, 0.6) is 5.75 Å². The second kappa shape index (κ2) is 6.56. The summed E-state index contributed by atoms with van der Waals surface area (Å²) in [5, 5.41) is 4.32. The molecule has 0 aliphatic rings. The summed E-state index contributed by atoms with van der Waals surface area (Å²) in [4.78, 5) is 14.8. The summed E-state index contributed by atoms with van der Waals surface area (Å²) in [6, 6.07) is 3.99. The number of esters is 1. The first-order chi connectivity index (χ1) is 10.5. The van der Waals surface area contributed by atoms with Gasteiger partial charge in [-0.15, -0.1) is 0 Å². The van der Waals surface area contributed by atoms with Crippen molar-refractivity contribution >= 4 is 22.6 Å². The minimum atomic E-state index is -0.362. The van der Waals surface area contributed by atoms with Crippen LogP contribution in [-0.2, 0) is 9.53 Å². The zero-order valence-electron chi connectivity index (χ0n) is 13.7. The van der Waals surface area contributed by atoms with Crippen LogP contribution in [0.3, 0.4) is 0 Å². The number of hydrogen-bond acceptors (Lipinski definition) is 4. The van der Waals surface area contributed by atoms with E-state index in [0.29, 0.717) is 12.3 Å². The first kappa shape index (κ1) is 15.9. The van der Waals surface area contributed by atoms with Crippen molar-refractivity contribution in [3.8, 4) is 5.75 Å². The fraction of sp³-hybridized carbons (Fsp3) is 0.353. The van der Waals surface area contributed by atoms with Gasteiger partial charge in [-0.05, 0) is 39.3 Å². The number of benzene rings is 1. The van der Waals surface area contributed by atoms with Crippen LogP contribution in [0, 0.1) is 13.8 Å². The van der Waals surface area contributed by atoms with E-state index in [1.54, 1.807) is 14.0 Å². The van der Waals surface area contributed by atoms with Crippen LogP contribution in [0.25, 0.3) is 10.9 Å². The first-order valence-corrected chi connectivity index (χ1v) is 7.25. The molecule has 0 amide bonds. The van der Waals surface area contributed by atoms with Gasteiger partial charge in [-0.3, -0.25) is 0 Å². The van der Waals surface area contributed by atoms with Gasteiger partial charge in [-0.25, -0.2) is 4.79 Å². The average molecular weight is 302 g/mol. The van der Waals surface area contributed by atoms with Crippen molar-refractivity contribution in [2.45, 2.75) is 27.7 Å². The quantitative estimate of drug-likeness (QED) is 0.653. The highest BCUT2D eigenvalue weighted by molar-refractivity contribution is 5.94. The Hall–Kier alpha value is -2.43. The average Bonchev–Trinajstić information content (AvgIpc) is 2.74. The van der Waals surface area contributed by atoms with Gasteiger partial charge in [0.15, 0.2) is 5.75 Å². The van der Waals surface area contributed by atoms with E-state index in [2.05, 4.69) is 17.2 Å². The molecule has 0 radical (unpaired) electrons. The molecule has 1 heterocycles. The summed E-state index contributed by atoms with van der Waals surface area (Å²) < 4.78 is 10.4. The molecule has 1 aromatic heterocycles. The van der Waals surface area contributed by atoms with Crippen molar-refractivity contribution in [1.29, 1.82) is 0 Å². The fourth-order valence-corrected chi connectivity index (χ4v) is 2.42. The van der Waals surface area contributed by atoms with Gasteiger partial charge in [0.25, 0.3) is 0 Å². The smallest absolute Gasteiger partial charge is 0.332 e. The molecule has 2 N–H and O–H groups in total. The Bertz CT molecular complexity index is 729. The predicted octanol–water partition coefficient (Wildman–Crippen LogP) is 3.67. The van der Waals surface area contributed by atoms with E-state index in [4.69, 9.17) is 9.47 Å². The molecule has 0 bridgehead atoms. The highest BCUT2D eigenvalue weighted by Crippen LogP contribution is 2.36. The summed E-state index contributed by atoms with van der Waals surface area (Å²) in [5.41, 5.74) is 4.76. The van der Waals surface area contributed by atoms with Gasteiger partial charge in [0.05, 0.1) is 24.9 Å². The monoisotopic (exact) mass is 302 g/mol. The molecule has 0 spiro atoms. The van der Waals surface area contributed by atoms with Crippen LogP contribution in [-0.4, -0.2) is 24.7 Å². The van der Waals surface area contributed by atoms with Crippen molar-refractivity contribution in [2.24, 2.45) is 0 Å². The summed E-state index contributed by atoms with van der Waals surface area (Å²) in [6.45, 7) is 8.06. The summed E-state index contributed by atoms with van der Waals surface area (Å²) >= 11 is 0. The second-order valence-electron chi connectivity index (χ2n) is 5.15. The molecular weight excluding hydrogens is 280 g/mol. The van der Waals surface area contributed by atoms with E-state index in [1.165, 1.54) is 11.6 Å². The molecule has 2 aromatic rings. The van der Waals surface area contributed by atoms with E-state index in [-0.39, 0.29) is 5.97 Å². The number of anilines is 1. The number of carbonyl (C=O) groups excluding carboxylic acids is 1. The molecule has 0 aliphatic heterocycles. The lowest BCUT2D eigenvalue weighted by molar-refractivity contribution is -0.137. The highest BCUT2D eigenvalue weighted by atomic mass is 16.5. The number of nitrogens with one attached hydrogen (secondary N) is 2. The molecule has 118 valence electrons. The SMILES string of the molecule is CCOC(=O)C=C(C)Nc1ccc2c(C)c(C)[nH]c2c1OC. The van der Waals surface area contributed by atoms with Crippen molar-refractivity contribution in [1.82, 2.24) is 4.98 Å². The molecule has 0 saturated carbocycles. The van der Waals surface area contributed by atoms with E-state index in [1.807, 2.05) is 26.0 Å². The Morgan fingerprint density at radius 1 is 1.36 bits per heavy atom. The van der Waals surface area contributed by atoms with Crippen molar-refractivity contribution in [3.05, 3.63) is 35.2 Å². The molecule has 0 aliphatic carbocycles. The Kier molecular flexibility index (Phi) is 4.75. The maximum Gasteiger partial charge on any atom is 0.332 e. The summed E-state index contributed by atoms with van der Waals surface area (Å²) in [7, 11) is 1.63. The summed E-state index contributed by atoms with van der Waals surface area (Å²) in [6.07, 6.45) is 1.43. The van der Waals surface area contributed by atoms with Gasteiger partial charge in [0.2, 0.25) is 0 Å². The number of allylic oxidation sites excluding steroid dienone is 1. The number of methoxy groups -OCH3 is 1. The van der Waals surface area contributed by atoms with E-state index in [9.17, 15) is 4.79 Å². The van der Waals surface area contributed by atoms with Crippen LogP contribution in [0.4, 0.5) is 5.69 Å². The molecule has 5 nitrogen and oxygen atoms in total. The topological polar surface area (TPSA) is 63.3 Å². The number of rotatable bonds is 5. The van der Waals surface area contributed by atoms with E-state index in [0.717, 1.165) is 28.0 Å². The molecular formula is C17H22N2O3. The van der Waals surface area contributed by atoms with Gasteiger partial charge >= 0.3 is 5.97 Å². The largest absolute Gasteiger partial charge is 0.492 e. The van der Waals surface area contributed by atoms with E-state index >= 15 is 0 Å². The lowest BCUT2D eigenvalue weighted by atomic mass is 10.1. The Labute approximate surface area is 130 Å². The number of aromatic amines is 1. The van der Waals surface area contributed by atoms with Gasteiger partial charge in [0.1, 0.15) is 0 Å². The van der Waals surface area contributed by atoms with Gasteiger partial charge in [-0.2, -0.15) is 0 Å². The number of H-pyrrole nitrogens is 1. The standard InChI is InChI=1S/C17H22N2O3/c1-6-22-15(20)9-10(2)18-14-8-7-13-11(3)12(4)19-16(13)17(14)21-5/h7-9,18-19H,6H2,1-5H3. The van der Waals surface area contributed by atoms with Gasteiger partial charge < -0.3 is 19.8 Å². The van der Waals surface area contributed by atoms with Crippen LogP contribution >= 0.6 is 0 Å². The summed E-state index contributed by atoms with van der Waals surface area (Å²) in [5.74, 6) is 0.365. The first-order valence-electron chi connectivity index (χ1n) is 7.25. The zero-order chi connectivity index (χ0) is 16.3. The molecule has 0 fully saturated rings. The Morgan fingerprint density at radius 3 is 2.73 bits per heavy atom. The number of carbonyl (C=O) groups is 1. The van der Waals surface area contributed by atoms with Gasteiger partial charge in [-0.1, -0.05) is 6.07 Å². The molecule has 5 heteroatoms. The maximum absolute atomic E-state index is 11.5. The fourth-order valence-electron chi connectivity index (χ4n) is 2.42. The van der Waals surface area contributed by atoms with Crippen LogP contribution < -0.4 is 10.1 Å². The third kappa shape index (κ3) is 3.08. The number of aryl methyl sites for hydroxylation is 2. The van der Waals surface area contributed by atoms with Crippen molar-refractivity contribution in [3.63, 3.8) is 0 Å². The third-order valence-corrected chi connectivity index (χ3v) is 3.59. The second-order valence-corrected chi connectivity index (χ2v) is 5.15. The maximum atomic E-state index is 11.5. The Morgan fingerprint density at radius 2 is 2.09 bits per heavy atom. The molecule has 2 rings (SSSR count). The highest BCUT2D eigenvalue weighted by Gasteiger charge is 2.13. The third-order valence-electron chi connectivity index (χ3n) is 3.59. The zero-order valence-corrected chi connectivity index (χ0v) is 13.7. The molecule has 1 aromatic carbocycles. The number of fused-ring (bicyclic) bond motifs is 1.